The molecule has 3 rings (SSSR count). The third-order valence-electron chi connectivity index (χ3n) is 4.90. The molecule has 4 N–H and O–H groups in total. The molecule has 142 valence electrons. The summed E-state index contributed by atoms with van der Waals surface area (Å²) in [7, 11) is 0. The maximum absolute atomic E-state index is 10.4. The fourth-order valence-electron chi connectivity index (χ4n) is 3.33. The fourth-order valence-corrected chi connectivity index (χ4v) is 3.33. The molecule has 0 radical (unpaired) electrons. The molecule has 2 aliphatic rings. The number of aliphatic hydroxyl groups excluding tert-OH is 4. The van der Waals surface area contributed by atoms with Gasteiger partial charge in [-0.1, -0.05) is 54.6 Å². The first kappa shape index (κ1) is 19.2. The SMILES string of the molecule is O[C@@H]1C(OCc2ccccc2)[C@H](O)[C@@H](O)C(OC[C@H]2C=CC=CC2)[C@@H]1O. The Morgan fingerprint density at radius 3 is 2.00 bits per heavy atom. The van der Waals surface area contributed by atoms with Crippen LogP contribution in [0.25, 0.3) is 0 Å². The average Bonchev–Trinajstić information content (AvgIpc) is 2.68. The van der Waals surface area contributed by atoms with Gasteiger partial charge in [-0.25, -0.2) is 0 Å². The van der Waals surface area contributed by atoms with Gasteiger partial charge in [-0.3, -0.25) is 0 Å². The summed E-state index contributed by atoms with van der Waals surface area (Å²) >= 11 is 0. The third-order valence-corrected chi connectivity index (χ3v) is 4.90. The van der Waals surface area contributed by atoms with E-state index in [4.69, 9.17) is 9.47 Å². The first-order chi connectivity index (χ1) is 12.6. The van der Waals surface area contributed by atoms with Crippen LogP contribution < -0.4 is 0 Å². The van der Waals surface area contributed by atoms with E-state index in [2.05, 4.69) is 0 Å². The van der Waals surface area contributed by atoms with Crippen LogP contribution in [0.1, 0.15) is 12.0 Å². The van der Waals surface area contributed by atoms with Crippen molar-refractivity contribution in [3.05, 3.63) is 60.2 Å². The van der Waals surface area contributed by atoms with Crippen molar-refractivity contribution >= 4 is 0 Å². The van der Waals surface area contributed by atoms with Crippen molar-refractivity contribution in [3.63, 3.8) is 0 Å². The van der Waals surface area contributed by atoms with Gasteiger partial charge in [0.1, 0.15) is 36.6 Å². The molecule has 1 saturated carbocycles. The Bertz CT molecular complexity index is 600. The largest absolute Gasteiger partial charge is 0.387 e. The second-order valence-corrected chi connectivity index (χ2v) is 6.83. The lowest BCUT2D eigenvalue weighted by molar-refractivity contribution is -0.249. The van der Waals surface area contributed by atoms with Gasteiger partial charge >= 0.3 is 0 Å². The highest BCUT2D eigenvalue weighted by Crippen LogP contribution is 2.27. The first-order valence-corrected chi connectivity index (χ1v) is 8.90. The van der Waals surface area contributed by atoms with Gasteiger partial charge < -0.3 is 29.9 Å². The first-order valence-electron chi connectivity index (χ1n) is 8.90. The van der Waals surface area contributed by atoms with Crippen LogP contribution >= 0.6 is 0 Å². The van der Waals surface area contributed by atoms with Crippen molar-refractivity contribution in [1.29, 1.82) is 0 Å². The van der Waals surface area contributed by atoms with Gasteiger partial charge in [-0.15, -0.1) is 0 Å². The number of rotatable bonds is 6. The molecule has 7 atom stereocenters. The molecule has 0 aliphatic heterocycles. The van der Waals surface area contributed by atoms with Crippen LogP contribution in [0.4, 0.5) is 0 Å². The quantitative estimate of drug-likeness (QED) is 0.590. The summed E-state index contributed by atoms with van der Waals surface area (Å²) in [5.41, 5.74) is 0.867. The zero-order valence-electron chi connectivity index (χ0n) is 14.5. The minimum atomic E-state index is -1.36. The Morgan fingerprint density at radius 1 is 0.808 bits per heavy atom. The molecule has 0 heterocycles. The summed E-state index contributed by atoms with van der Waals surface area (Å²) in [5.74, 6) is 0.140. The third kappa shape index (κ3) is 4.40. The summed E-state index contributed by atoms with van der Waals surface area (Å²) in [6.07, 6.45) is 1.09. The van der Waals surface area contributed by atoms with E-state index in [-0.39, 0.29) is 19.1 Å². The molecule has 0 saturated heterocycles. The Balaban J connectivity index is 1.58. The molecule has 0 amide bonds. The Morgan fingerprint density at radius 2 is 1.42 bits per heavy atom. The highest BCUT2D eigenvalue weighted by molar-refractivity contribution is 5.14. The van der Waals surface area contributed by atoms with Gasteiger partial charge in [0.25, 0.3) is 0 Å². The maximum Gasteiger partial charge on any atom is 0.115 e. The van der Waals surface area contributed by atoms with E-state index in [0.29, 0.717) is 0 Å². The number of allylic oxidation sites excluding steroid dienone is 3. The molecule has 1 aromatic carbocycles. The van der Waals surface area contributed by atoms with E-state index in [9.17, 15) is 20.4 Å². The van der Waals surface area contributed by atoms with Crippen molar-refractivity contribution in [2.75, 3.05) is 6.61 Å². The van der Waals surface area contributed by atoms with Crippen LogP contribution in [-0.4, -0.2) is 63.7 Å². The van der Waals surface area contributed by atoms with Gasteiger partial charge in [0, 0.05) is 5.92 Å². The molecule has 6 nitrogen and oxygen atoms in total. The van der Waals surface area contributed by atoms with Gasteiger partial charge in [0.05, 0.1) is 13.2 Å². The van der Waals surface area contributed by atoms with E-state index in [0.717, 1.165) is 12.0 Å². The molecule has 0 spiro atoms. The number of ether oxygens (including phenoxy) is 2. The lowest BCUT2D eigenvalue weighted by Crippen LogP contribution is -2.65. The molecular weight excluding hydrogens is 336 g/mol. The molecule has 0 aromatic heterocycles. The van der Waals surface area contributed by atoms with Crippen molar-refractivity contribution in [2.45, 2.75) is 49.7 Å². The number of hydrogen-bond donors (Lipinski definition) is 4. The topological polar surface area (TPSA) is 99.4 Å². The van der Waals surface area contributed by atoms with E-state index in [1.54, 1.807) is 0 Å². The predicted octanol–water partition coefficient (Wildman–Crippen LogP) is 0.547. The van der Waals surface area contributed by atoms with Crippen molar-refractivity contribution < 1.29 is 29.9 Å². The van der Waals surface area contributed by atoms with E-state index in [1.165, 1.54) is 0 Å². The lowest BCUT2D eigenvalue weighted by Gasteiger charge is -2.43. The summed E-state index contributed by atoms with van der Waals surface area (Å²) < 4.78 is 11.2. The molecule has 6 heteroatoms. The molecule has 0 bridgehead atoms. The van der Waals surface area contributed by atoms with E-state index >= 15 is 0 Å². The molecule has 26 heavy (non-hydrogen) atoms. The summed E-state index contributed by atoms with van der Waals surface area (Å²) in [6.45, 7) is 0.443. The van der Waals surface area contributed by atoms with Crippen LogP contribution in [0.15, 0.2) is 54.6 Å². The second kappa shape index (κ2) is 8.90. The van der Waals surface area contributed by atoms with Crippen molar-refractivity contribution in [3.8, 4) is 0 Å². The molecule has 1 aromatic rings. The van der Waals surface area contributed by atoms with Gasteiger partial charge in [-0.05, 0) is 12.0 Å². The molecular formula is C20H26O6. The minimum Gasteiger partial charge on any atom is -0.387 e. The zero-order valence-corrected chi connectivity index (χ0v) is 14.5. The monoisotopic (exact) mass is 362 g/mol. The Labute approximate surface area is 153 Å². The standard InChI is InChI=1S/C20H26O6/c21-15-17(23)20(26-12-14-9-5-2-6-10-14)18(24)16(22)19(15)25-11-13-7-3-1-4-8-13/h1-9,14-24H,10-12H2/t14-,15-,16+,17+,18+,19?,20?/m0/s1. The van der Waals surface area contributed by atoms with Crippen molar-refractivity contribution in [1.82, 2.24) is 0 Å². The second-order valence-electron chi connectivity index (χ2n) is 6.83. The summed E-state index contributed by atoms with van der Waals surface area (Å²) in [4.78, 5) is 0. The Kier molecular flexibility index (Phi) is 6.58. The smallest absolute Gasteiger partial charge is 0.115 e. The summed E-state index contributed by atoms with van der Waals surface area (Å²) in [6, 6.07) is 9.29. The van der Waals surface area contributed by atoms with Crippen LogP contribution in [0.5, 0.6) is 0 Å². The number of hydrogen-bond acceptors (Lipinski definition) is 6. The van der Waals surface area contributed by atoms with Gasteiger partial charge in [-0.2, -0.15) is 0 Å². The van der Waals surface area contributed by atoms with E-state index in [1.807, 2.05) is 54.6 Å². The molecule has 2 aliphatic carbocycles. The predicted molar refractivity (Wildman–Crippen MR) is 95.2 cm³/mol. The number of benzene rings is 1. The zero-order chi connectivity index (χ0) is 18.5. The fraction of sp³-hybridized carbons (Fsp3) is 0.500. The van der Waals surface area contributed by atoms with Gasteiger partial charge in [0.15, 0.2) is 0 Å². The average molecular weight is 362 g/mol. The lowest BCUT2D eigenvalue weighted by atomic mass is 9.84. The van der Waals surface area contributed by atoms with Crippen LogP contribution in [-0.2, 0) is 16.1 Å². The van der Waals surface area contributed by atoms with Crippen LogP contribution in [0.3, 0.4) is 0 Å². The van der Waals surface area contributed by atoms with E-state index < -0.39 is 36.6 Å². The highest BCUT2D eigenvalue weighted by Gasteiger charge is 2.50. The highest BCUT2D eigenvalue weighted by atomic mass is 16.5. The van der Waals surface area contributed by atoms with Gasteiger partial charge in [0.2, 0.25) is 0 Å². The minimum absolute atomic E-state index is 0.140. The maximum atomic E-state index is 10.4. The summed E-state index contributed by atoms with van der Waals surface area (Å²) in [5, 5.41) is 41.4. The molecule has 1 fully saturated rings. The van der Waals surface area contributed by atoms with Crippen LogP contribution in [0.2, 0.25) is 0 Å². The Hall–Kier alpha value is -1.54. The normalized spacial score (nSPS) is 37.0. The van der Waals surface area contributed by atoms with Crippen molar-refractivity contribution in [2.24, 2.45) is 5.92 Å². The number of aliphatic hydroxyl groups is 4. The van der Waals surface area contributed by atoms with Crippen LogP contribution in [0, 0.1) is 5.92 Å². The molecule has 2 unspecified atom stereocenters.